The van der Waals surface area contributed by atoms with E-state index < -0.39 is 17.4 Å². The second kappa shape index (κ2) is 3.71. The molecule has 0 aromatic carbocycles. The van der Waals surface area contributed by atoms with Gasteiger partial charge < -0.3 is 5.73 Å². The molecule has 0 bridgehead atoms. The zero-order chi connectivity index (χ0) is 11.6. The second-order valence-corrected chi connectivity index (χ2v) is 2.61. The summed E-state index contributed by atoms with van der Waals surface area (Å²) in [6.45, 7) is 3.14. The molecule has 0 fully saturated rings. The lowest BCUT2D eigenvalue weighted by molar-refractivity contribution is -0.143. The summed E-state index contributed by atoms with van der Waals surface area (Å²) in [6.07, 6.45) is -3.60. The van der Waals surface area contributed by atoms with E-state index in [1.165, 1.54) is 6.08 Å². The summed E-state index contributed by atoms with van der Waals surface area (Å²) in [5.74, 6) is -0.382. The van der Waals surface area contributed by atoms with E-state index in [0.29, 0.717) is 4.57 Å². The molecule has 1 aromatic heterocycles. The van der Waals surface area contributed by atoms with Crippen LogP contribution < -0.4 is 11.3 Å². The van der Waals surface area contributed by atoms with E-state index in [-0.39, 0.29) is 12.5 Å². The van der Waals surface area contributed by atoms with Crippen LogP contribution in [-0.4, -0.2) is 14.8 Å². The average Bonchev–Trinajstić information content (AvgIpc) is 2.09. The Morgan fingerprint density at radius 1 is 1.47 bits per heavy atom. The summed E-state index contributed by atoms with van der Waals surface area (Å²) in [5, 5.41) is 5.77. The van der Waals surface area contributed by atoms with Crippen LogP contribution in [0.2, 0.25) is 0 Å². The minimum Gasteiger partial charge on any atom is -0.368 e. The van der Waals surface area contributed by atoms with E-state index in [0.717, 1.165) is 0 Å². The molecular formula is C7H7F3N4O. The summed E-state index contributed by atoms with van der Waals surface area (Å²) in [5.41, 5.74) is 2.29. The van der Waals surface area contributed by atoms with Crippen molar-refractivity contribution >= 4 is 5.95 Å². The fraction of sp³-hybridized carbons (Fsp3) is 0.286. The standard InChI is InChI=1S/C7H7F3N4O/c1-2-3-14-5(15)4(7(8,9)10)12-13-6(14)11/h2H,1,3H2,(H2,11,13). The van der Waals surface area contributed by atoms with Crippen molar-refractivity contribution in [3.05, 3.63) is 28.7 Å². The topological polar surface area (TPSA) is 73.8 Å². The molecule has 0 aliphatic rings. The number of halogens is 3. The lowest BCUT2D eigenvalue weighted by Crippen LogP contribution is -2.32. The molecule has 1 heterocycles. The van der Waals surface area contributed by atoms with Crippen LogP contribution in [0.1, 0.15) is 5.69 Å². The summed E-state index contributed by atoms with van der Waals surface area (Å²) >= 11 is 0. The highest BCUT2D eigenvalue weighted by Crippen LogP contribution is 2.24. The lowest BCUT2D eigenvalue weighted by Gasteiger charge is -2.08. The molecule has 0 aliphatic heterocycles. The Bertz CT molecular complexity index is 437. The molecule has 0 aliphatic carbocycles. The maximum atomic E-state index is 12.2. The number of rotatable bonds is 2. The smallest absolute Gasteiger partial charge is 0.368 e. The van der Waals surface area contributed by atoms with E-state index in [1.54, 1.807) is 0 Å². The zero-order valence-electron chi connectivity index (χ0n) is 7.45. The summed E-state index contributed by atoms with van der Waals surface area (Å²) in [7, 11) is 0. The Morgan fingerprint density at radius 2 is 2.07 bits per heavy atom. The van der Waals surface area contributed by atoms with Crippen LogP contribution in [0.3, 0.4) is 0 Å². The van der Waals surface area contributed by atoms with Gasteiger partial charge in [0.25, 0.3) is 5.56 Å². The van der Waals surface area contributed by atoms with Crippen molar-refractivity contribution in [1.29, 1.82) is 0 Å². The molecule has 0 amide bonds. The number of allylic oxidation sites excluding steroid dienone is 1. The van der Waals surface area contributed by atoms with Crippen molar-refractivity contribution in [2.45, 2.75) is 12.7 Å². The van der Waals surface area contributed by atoms with Gasteiger partial charge in [-0.25, -0.2) is 0 Å². The first-order valence-electron chi connectivity index (χ1n) is 3.79. The van der Waals surface area contributed by atoms with Crippen LogP contribution in [-0.2, 0) is 12.7 Å². The molecule has 5 nitrogen and oxygen atoms in total. The summed E-state index contributed by atoms with van der Waals surface area (Å²) in [4.78, 5) is 11.2. The molecule has 1 aromatic rings. The number of hydrogen-bond acceptors (Lipinski definition) is 4. The average molecular weight is 220 g/mol. The van der Waals surface area contributed by atoms with Crippen molar-refractivity contribution in [3.8, 4) is 0 Å². The quantitative estimate of drug-likeness (QED) is 0.733. The number of hydrogen-bond donors (Lipinski definition) is 1. The van der Waals surface area contributed by atoms with Gasteiger partial charge >= 0.3 is 6.18 Å². The van der Waals surface area contributed by atoms with Gasteiger partial charge in [-0.15, -0.1) is 16.8 Å². The molecule has 2 N–H and O–H groups in total. The Labute approximate surface area is 82.0 Å². The molecule has 82 valence electrons. The molecule has 0 saturated heterocycles. The fourth-order valence-corrected chi connectivity index (χ4v) is 0.913. The van der Waals surface area contributed by atoms with Gasteiger partial charge in [0.2, 0.25) is 11.6 Å². The molecular weight excluding hydrogens is 213 g/mol. The molecule has 0 spiro atoms. The van der Waals surface area contributed by atoms with Crippen LogP contribution in [0.15, 0.2) is 17.4 Å². The summed E-state index contributed by atoms with van der Waals surface area (Å²) in [6, 6.07) is 0. The number of aromatic nitrogens is 3. The maximum Gasteiger partial charge on any atom is 0.440 e. The maximum absolute atomic E-state index is 12.2. The molecule has 15 heavy (non-hydrogen) atoms. The minimum absolute atomic E-state index is 0.150. The predicted octanol–water partition coefficient (Wildman–Crippen LogP) is 0.425. The normalized spacial score (nSPS) is 11.4. The third-order valence-corrected chi connectivity index (χ3v) is 1.56. The van der Waals surface area contributed by atoms with Gasteiger partial charge in [-0.3, -0.25) is 9.36 Å². The van der Waals surface area contributed by atoms with Crippen LogP contribution in [0.5, 0.6) is 0 Å². The van der Waals surface area contributed by atoms with Gasteiger partial charge in [-0.1, -0.05) is 6.08 Å². The first-order chi connectivity index (χ1) is 6.88. The van der Waals surface area contributed by atoms with Crippen molar-refractivity contribution in [3.63, 3.8) is 0 Å². The monoisotopic (exact) mass is 220 g/mol. The summed E-state index contributed by atoms with van der Waals surface area (Å²) < 4.78 is 37.3. The number of alkyl halides is 3. The molecule has 8 heteroatoms. The third kappa shape index (κ3) is 2.14. The first kappa shape index (κ1) is 11.2. The lowest BCUT2D eigenvalue weighted by atomic mass is 10.4. The van der Waals surface area contributed by atoms with Crippen LogP contribution >= 0.6 is 0 Å². The van der Waals surface area contributed by atoms with Crippen molar-refractivity contribution < 1.29 is 13.2 Å². The van der Waals surface area contributed by atoms with Crippen LogP contribution in [0.4, 0.5) is 19.1 Å². The van der Waals surface area contributed by atoms with Crippen molar-refractivity contribution in [2.24, 2.45) is 0 Å². The van der Waals surface area contributed by atoms with Gasteiger partial charge in [0.15, 0.2) is 0 Å². The highest BCUT2D eigenvalue weighted by atomic mass is 19.4. The number of anilines is 1. The molecule has 0 atom stereocenters. The molecule has 1 rings (SSSR count). The van der Waals surface area contributed by atoms with Crippen LogP contribution in [0, 0.1) is 0 Å². The van der Waals surface area contributed by atoms with E-state index >= 15 is 0 Å². The van der Waals surface area contributed by atoms with E-state index in [1.807, 2.05) is 0 Å². The van der Waals surface area contributed by atoms with Crippen molar-refractivity contribution in [1.82, 2.24) is 14.8 Å². The number of nitrogens with two attached hydrogens (primary N) is 1. The third-order valence-electron chi connectivity index (χ3n) is 1.56. The molecule has 0 saturated carbocycles. The highest BCUT2D eigenvalue weighted by molar-refractivity contribution is 5.17. The van der Waals surface area contributed by atoms with E-state index in [2.05, 4.69) is 16.8 Å². The van der Waals surface area contributed by atoms with Crippen molar-refractivity contribution in [2.75, 3.05) is 5.73 Å². The Balaban J connectivity index is 3.42. The predicted molar refractivity (Wildman–Crippen MR) is 45.9 cm³/mol. The van der Waals surface area contributed by atoms with Gasteiger partial charge in [0, 0.05) is 6.54 Å². The first-order valence-corrected chi connectivity index (χ1v) is 3.79. The number of nitrogen functional groups attached to an aromatic ring is 1. The van der Waals surface area contributed by atoms with E-state index in [4.69, 9.17) is 5.73 Å². The second-order valence-electron chi connectivity index (χ2n) is 2.61. The highest BCUT2D eigenvalue weighted by Gasteiger charge is 2.37. The van der Waals surface area contributed by atoms with Gasteiger partial charge in [0.1, 0.15) is 0 Å². The van der Waals surface area contributed by atoms with Gasteiger partial charge in [-0.2, -0.15) is 13.2 Å². The zero-order valence-corrected chi connectivity index (χ0v) is 7.45. The molecule has 0 radical (unpaired) electrons. The Morgan fingerprint density at radius 3 is 2.53 bits per heavy atom. The number of nitrogens with zero attached hydrogens (tertiary/aromatic N) is 3. The fourth-order valence-electron chi connectivity index (χ4n) is 0.913. The van der Waals surface area contributed by atoms with Gasteiger partial charge in [-0.05, 0) is 0 Å². The Hall–Kier alpha value is -1.86. The van der Waals surface area contributed by atoms with Crippen LogP contribution in [0.25, 0.3) is 0 Å². The Kier molecular flexibility index (Phi) is 2.78. The van der Waals surface area contributed by atoms with E-state index in [9.17, 15) is 18.0 Å². The SMILES string of the molecule is C=CCn1c(N)nnc(C(F)(F)F)c1=O. The minimum atomic E-state index is -4.83. The van der Waals surface area contributed by atoms with Gasteiger partial charge in [0.05, 0.1) is 0 Å². The largest absolute Gasteiger partial charge is 0.440 e. The molecule has 0 unspecified atom stereocenters.